The molecule has 1 fully saturated rings. The molecule has 1 saturated heterocycles. The van der Waals surface area contributed by atoms with Gasteiger partial charge in [-0.1, -0.05) is 0 Å². The number of aryl methyl sites for hydroxylation is 1. The normalized spacial score (nSPS) is 16.8. The molecule has 0 saturated carbocycles. The minimum atomic E-state index is -3.52. The molecular weight excluding hydrogens is 322 g/mol. The minimum absolute atomic E-state index is 0.321. The number of aromatic nitrogens is 2. The molecule has 3 rings (SSSR count). The van der Waals surface area contributed by atoms with Crippen LogP contribution >= 0.6 is 11.3 Å². The fourth-order valence-electron chi connectivity index (χ4n) is 2.47. The van der Waals surface area contributed by atoms with E-state index in [1.165, 1.54) is 11.3 Å². The summed E-state index contributed by atoms with van der Waals surface area (Å²) in [5.74, 6) is 0.540. The van der Waals surface area contributed by atoms with E-state index in [0.29, 0.717) is 15.8 Å². The number of ether oxygens (including phenoxy) is 1. The Morgan fingerprint density at radius 3 is 2.86 bits per heavy atom. The molecule has 0 unspecified atom stereocenters. The van der Waals surface area contributed by atoms with Crippen LogP contribution in [-0.4, -0.2) is 31.4 Å². The van der Waals surface area contributed by atoms with Crippen molar-refractivity contribution in [1.29, 1.82) is 0 Å². The molecule has 1 N–H and O–H groups in total. The van der Waals surface area contributed by atoms with Crippen LogP contribution in [0.15, 0.2) is 28.7 Å². The standard InChI is InChI=1S/C14H19N3O3S2/c1-11-2-3-14(21-11)22(18,19)16-13-8-15-17(10-13)9-12-4-6-20-7-5-12/h2-3,8,10,12,16H,4-7,9H2,1H3. The minimum Gasteiger partial charge on any atom is -0.381 e. The van der Waals surface area contributed by atoms with Crippen molar-refractivity contribution >= 4 is 27.0 Å². The molecule has 120 valence electrons. The van der Waals surface area contributed by atoms with Crippen molar-refractivity contribution in [2.75, 3.05) is 17.9 Å². The van der Waals surface area contributed by atoms with Crippen LogP contribution in [0.5, 0.6) is 0 Å². The van der Waals surface area contributed by atoms with Crippen molar-refractivity contribution in [2.45, 2.75) is 30.5 Å². The molecule has 0 bridgehead atoms. The smallest absolute Gasteiger partial charge is 0.271 e. The first-order valence-electron chi connectivity index (χ1n) is 7.22. The van der Waals surface area contributed by atoms with Gasteiger partial charge in [0, 0.05) is 30.8 Å². The Morgan fingerprint density at radius 1 is 1.41 bits per heavy atom. The molecule has 2 aromatic heterocycles. The van der Waals surface area contributed by atoms with Gasteiger partial charge in [0.2, 0.25) is 0 Å². The van der Waals surface area contributed by atoms with Gasteiger partial charge in [-0.05, 0) is 37.8 Å². The van der Waals surface area contributed by atoms with Crippen LogP contribution in [0.2, 0.25) is 0 Å². The molecule has 22 heavy (non-hydrogen) atoms. The third-order valence-electron chi connectivity index (χ3n) is 3.65. The monoisotopic (exact) mass is 341 g/mol. The molecule has 0 amide bonds. The first-order chi connectivity index (χ1) is 10.5. The van der Waals surface area contributed by atoms with Gasteiger partial charge in [-0.3, -0.25) is 9.40 Å². The lowest BCUT2D eigenvalue weighted by molar-refractivity contribution is 0.0601. The topological polar surface area (TPSA) is 73.2 Å². The van der Waals surface area contributed by atoms with Crippen LogP contribution in [0, 0.1) is 12.8 Å². The Kier molecular flexibility index (Phi) is 4.51. The zero-order valence-electron chi connectivity index (χ0n) is 12.4. The second-order valence-electron chi connectivity index (χ2n) is 5.48. The van der Waals surface area contributed by atoms with Gasteiger partial charge in [0.15, 0.2) is 0 Å². The van der Waals surface area contributed by atoms with Crippen molar-refractivity contribution in [1.82, 2.24) is 9.78 Å². The van der Waals surface area contributed by atoms with E-state index < -0.39 is 10.0 Å². The number of nitrogens with one attached hydrogen (secondary N) is 1. The summed E-state index contributed by atoms with van der Waals surface area (Å²) in [5.41, 5.74) is 0.498. The van der Waals surface area contributed by atoms with Gasteiger partial charge in [-0.15, -0.1) is 11.3 Å². The number of rotatable bonds is 5. The SMILES string of the molecule is Cc1ccc(S(=O)(=O)Nc2cnn(CC3CCOCC3)c2)s1. The van der Waals surface area contributed by atoms with E-state index in [1.54, 1.807) is 29.2 Å². The third kappa shape index (κ3) is 3.68. The van der Waals surface area contributed by atoms with Crippen molar-refractivity contribution in [3.63, 3.8) is 0 Å². The fraction of sp³-hybridized carbons (Fsp3) is 0.500. The van der Waals surface area contributed by atoms with E-state index >= 15 is 0 Å². The van der Waals surface area contributed by atoms with Gasteiger partial charge < -0.3 is 4.74 Å². The van der Waals surface area contributed by atoms with Crippen molar-refractivity contribution in [3.05, 3.63) is 29.4 Å². The molecule has 6 nitrogen and oxygen atoms in total. The maximum Gasteiger partial charge on any atom is 0.271 e. The predicted octanol–water partition coefficient (Wildman–Crippen LogP) is 2.48. The molecular formula is C14H19N3O3S2. The zero-order chi connectivity index (χ0) is 15.6. The summed E-state index contributed by atoms with van der Waals surface area (Å²) in [5, 5.41) is 4.25. The van der Waals surface area contributed by atoms with Crippen LogP contribution in [0.1, 0.15) is 17.7 Å². The summed E-state index contributed by atoms with van der Waals surface area (Å²) in [6.07, 6.45) is 5.34. The van der Waals surface area contributed by atoms with Gasteiger partial charge in [0.05, 0.1) is 11.9 Å². The molecule has 1 aliphatic heterocycles. The number of nitrogens with zero attached hydrogens (tertiary/aromatic N) is 2. The highest BCUT2D eigenvalue weighted by Crippen LogP contribution is 2.23. The molecule has 8 heteroatoms. The molecule has 0 aromatic carbocycles. The summed E-state index contributed by atoms with van der Waals surface area (Å²) in [4.78, 5) is 0.968. The lowest BCUT2D eigenvalue weighted by atomic mass is 10.0. The molecule has 0 radical (unpaired) electrons. The van der Waals surface area contributed by atoms with Crippen LogP contribution in [0.3, 0.4) is 0 Å². The van der Waals surface area contributed by atoms with E-state index in [9.17, 15) is 8.42 Å². The fourth-order valence-corrected chi connectivity index (χ4v) is 4.78. The first kappa shape index (κ1) is 15.5. The van der Waals surface area contributed by atoms with Gasteiger partial charge in [0.25, 0.3) is 10.0 Å². The molecule has 2 aromatic rings. The summed E-state index contributed by atoms with van der Waals surface area (Å²) in [6.45, 7) is 4.27. The van der Waals surface area contributed by atoms with Crippen molar-refractivity contribution < 1.29 is 13.2 Å². The quantitative estimate of drug-likeness (QED) is 0.907. The highest BCUT2D eigenvalue weighted by atomic mass is 32.2. The average molecular weight is 341 g/mol. The number of thiophene rings is 1. The van der Waals surface area contributed by atoms with Crippen molar-refractivity contribution in [2.24, 2.45) is 5.92 Å². The number of hydrogen-bond donors (Lipinski definition) is 1. The van der Waals surface area contributed by atoms with Gasteiger partial charge in [-0.25, -0.2) is 8.42 Å². The Morgan fingerprint density at radius 2 is 2.18 bits per heavy atom. The van der Waals surface area contributed by atoms with Crippen LogP contribution in [0.4, 0.5) is 5.69 Å². The van der Waals surface area contributed by atoms with Gasteiger partial charge in [-0.2, -0.15) is 5.10 Å². The van der Waals surface area contributed by atoms with Crippen molar-refractivity contribution in [3.8, 4) is 0 Å². The van der Waals surface area contributed by atoms with E-state index in [-0.39, 0.29) is 0 Å². The van der Waals surface area contributed by atoms with Gasteiger partial charge in [0.1, 0.15) is 4.21 Å². The number of hydrogen-bond acceptors (Lipinski definition) is 5. The Hall–Kier alpha value is -1.38. The van der Waals surface area contributed by atoms with E-state index in [0.717, 1.165) is 37.5 Å². The van der Waals surface area contributed by atoms with E-state index in [2.05, 4.69) is 9.82 Å². The lowest BCUT2D eigenvalue weighted by Crippen LogP contribution is -2.20. The zero-order valence-corrected chi connectivity index (χ0v) is 14.0. The maximum absolute atomic E-state index is 12.3. The van der Waals surface area contributed by atoms with Crippen LogP contribution in [0.25, 0.3) is 0 Å². The number of sulfonamides is 1. The second kappa shape index (κ2) is 6.39. The Balaban J connectivity index is 1.66. The highest BCUT2D eigenvalue weighted by Gasteiger charge is 2.18. The molecule has 0 aliphatic carbocycles. The van der Waals surface area contributed by atoms with Crippen LogP contribution in [-0.2, 0) is 21.3 Å². The summed E-state index contributed by atoms with van der Waals surface area (Å²) in [6, 6.07) is 3.42. The Labute approximate surface area is 134 Å². The first-order valence-corrected chi connectivity index (χ1v) is 9.52. The molecule has 0 spiro atoms. The summed E-state index contributed by atoms with van der Waals surface area (Å²) < 4.78 is 34.6. The average Bonchev–Trinajstić information content (AvgIpc) is 3.09. The Bertz CT molecular complexity index is 730. The largest absolute Gasteiger partial charge is 0.381 e. The lowest BCUT2D eigenvalue weighted by Gasteiger charge is -2.21. The van der Waals surface area contributed by atoms with Gasteiger partial charge >= 0.3 is 0 Å². The second-order valence-corrected chi connectivity index (χ2v) is 8.67. The van der Waals surface area contributed by atoms with E-state index in [1.807, 2.05) is 6.92 Å². The molecule has 3 heterocycles. The third-order valence-corrected chi connectivity index (χ3v) is 6.53. The molecule has 0 atom stereocenters. The van der Waals surface area contributed by atoms with E-state index in [4.69, 9.17) is 4.74 Å². The number of anilines is 1. The predicted molar refractivity (Wildman–Crippen MR) is 85.6 cm³/mol. The summed E-state index contributed by atoms with van der Waals surface area (Å²) >= 11 is 1.26. The van der Waals surface area contributed by atoms with Crippen LogP contribution < -0.4 is 4.72 Å². The summed E-state index contributed by atoms with van der Waals surface area (Å²) in [7, 11) is -3.52. The maximum atomic E-state index is 12.3. The highest BCUT2D eigenvalue weighted by molar-refractivity contribution is 7.94. The molecule has 1 aliphatic rings.